The summed E-state index contributed by atoms with van der Waals surface area (Å²) in [4.78, 5) is 1.20. The number of thioether (sulfide) groups is 1. The topological polar surface area (TPSA) is 29.5 Å². The summed E-state index contributed by atoms with van der Waals surface area (Å²) in [6.45, 7) is 0. The van der Waals surface area contributed by atoms with Crippen molar-refractivity contribution < 1.29 is 9.84 Å². The first kappa shape index (κ1) is 11.8. The molecule has 88 valence electrons. The molecule has 0 amide bonds. The van der Waals surface area contributed by atoms with E-state index in [9.17, 15) is 5.11 Å². The lowest BCUT2D eigenvalue weighted by atomic mass is 10.1. The third-order valence-corrected chi connectivity index (χ3v) is 4.39. The van der Waals surface area contributed by atoms with E-state index in [-0.39, 0.29) is 0 Å². The van der Waals surface area contributed by atoms with Crippen LogP contribution in [0.1, 0.15) is 25.7 Å². The number of rotatable bonds is 4. The van der Waals surface area contributed by atoms with Gasteiger partial charge in [0.15, 0.2) is 0 Å². The van der Waals surface area contributed by atoms with Gasteiger partial charge in [0.25, 0.3) is 0 Å². The summed E-state index contributed by atoms with van der Waals surface area (Å²) in [7, 11) is 1.67. The van der Waals surface area contributed by atoms with Gasteiger partial charge in [-0.25, -0.2) is 0 Å². The van der Waals surface area contributed by atoms with Gasteiger partial charge >= 0.3 is 0 Å². The molecule has 0 bridgehead atoms. The molecule has 0 unspecified atom stereocenters. The molecule has 1 aromatic carbocycles. The molecule has 1 fully saturated rings. The fraction of sp³-hybridized carbons (Fsp3) is 0.538. The predicted molar refractivity (Wildman–Crippen MR) is 67.1 cm³/mol. The van der Waals surface area contributed by atoms with Crippen LogP contribution < -0.4 is 4.74 Å². The predicted octanol–water partition coefficient (Wildman–Crippen LogP) is 3.09. The molecule has 2 rings (SSSR count). The first-order valence-corrected chi connectivity index (χ1v) is 6.70. The van der Waals surface area contributed by atoms with Gasteiger partial charge in [-0.1, -0.05) is 12.8 Å². The third kappa shape index (κ3) is 2.92. The molecule has 0 spiro atoms. The second-order valence-electron chi connectivity index (χ2n) is 4.40. The highest BCUT2D eigenvalue weighted by molar-refractivity contribution is 7.99. The van der Waals surface area contributed by atoms with E-state index in [4.69, 9.17) is 4.74 Å². The van der Waals surface area contributed by atoms with Crippen LogP contribution >= 0.6 is 11.8 Å². The number of hydrogen-bond donors (Lipinski definition) is 1. The molecule has 1 aliphatic rings. The average molecular weight is 238 g/mol. The van der Waals surface area contributed by atoms with Crippen LogP contribution in [0.3, 0.4) is 0 Å². The van der Waals surface area contributed by atoms with Gasteiger partial charge in [0.1, 0.15) is 5.75 Å². The second-order valence-corrected chi connectivity index (χ2v) is 5.44. The van der Waals surface area contributed by atoms with Gasteiger partial charge in [0.2, 0.25) is 0 Å². The zero-order valence-electron chi connectivity index (χ0n) is 9.61. The maximum atomic E-state index is 10.2. The first-order valence-electron chi connectivity index (χ1n) is 5.71. The van der Waals surface area contributed by atoms with Crippen molar-refractivity contribution in [1.29, 1.82) is 0 Å². The summed E-state index contributed by atoms with van der Waals surface area (Å²) in [5.41, 5.74) is -0.426. The SMILES string of the molecule is COc1ccc(SCC2(O)CCCC2)cc1. The number of aliphatic hydroxyl groups is 1. The van der Waals surface area contributed by atoms with Crippen LogP contribution in [-0.2, 0) is 0 Å². The number of hydrogen-bond acceptors (Lipinski definition) is 3. The van der Waals surface area contributed by atoms with Gasteiger partial charge in [-0.05, 0) is 37.1 Å². The fourth-order valence-corrected chi connectivity index (χ4v) is 3.12. The highest BCUT2D eigenvalue weighted by atomic mass is 32.2. The smallest absolute Gasteiger partial charge is 0.118 e. The van der Waals surface area contributed by atoms with E-state index in [0.29, 0.717) is 0 Å². The molecule has 0 saturated heterocycles. The molecule has 2 nitrogen and oxygen atoms in total. The van der Waals surface area contributed by atoms with E-state index in [1.165, 1.54) is 17.7 Å². The number of benzene rings is 1. The quantitative estimate of drug-likeness (QED) is 0.817. The molecule has 0 aliphatic heterocycles. The Bertz CT molecular complexity index is 328. The molecule has 1 saturated carbocycles. The molecule has 0 radical (unpaired) electrons. The zero-order valence-corrected chi connectivity index (χ0v) is 10.4. The van der Waals surface area contributed by atoms with E-state index >= 15 is 0 Å². The molecule has 0 atom stereocenters. The van der Waals surface area contributed by atoms with Crippen LogP contribution in [0.4, 0.5) is 0 Å². The highest BCUT2D eigenvalue weighted by Crippen LogP contribution is 2.34. The van der Waals surface area contributed by atoms with Crippen molar-refractivity contribution in [2.75, 3.05) is 12.9 Å². The minimum atomic E-state index is -0.426. The van der Waals surface area contributed by atoms with Crippen molar-refractivity contribution >= 4 is 11.8 Å². The molecule has 16 heavy (non-hydrogen) atoms. The van der Waals surface area contributed by atoms with Crippen molar-refractivity contribution in [3.63, 3.8) is 0 Å². The van der Waals surface area contributed by atoms with Crippen LogP contribution in [0, 0.1) is 0 Å². The van der Waals surface area contributed by atoms with Crippen molar-refractivity contribution in [2.24, 2.45) is 0 Å². The minimum Gasteiger partial charge on any atom is -0.497 e. The normalized spacial score (nSPS) is 18.6. The highest BCUT2D eigenvalue weighted by Gasteiger charge is 2.30. The van der Waals surface area contributed by atoms with E-state index in [0.717, 1.165) is 24.3 Å². The van der Waals surface area contributed by atoms with Crippen molar-refractivity contribution in [2.45, 2.75) is 36.2 Å². The number of ether oxygens (including phenoxy) is 1. The van der Waals surface area contributed by atoms with E-state index < -0.39 is 5.60 Å². The Balaban J connectivity index is 1.89. The van der Waals surface area contributed by atoms with Crippen LogP contribution in [0.15, 0.2) is 29.2 Å². The summed E-state index contributed by atoms with van der Waals surface area (Å²) >= 11 is 1.73. The van der Waals surface area contributed by atoms with Gasteiger partial charge in [0.05, 0.1) is 12.7 Å². The molecule has 0 heterocycles. The molecular formula is C13H18O2S. The van der Waals surface area contributed by atoms with Gasteiger partial charge in [-0.2, -0.15) is 0 Å². The maximum Gasteiger partial charge on any atom is 0.118 e. The molecule has 1 N–H and O–H groups in total. The molecular weight excluding hydrogens is 220 g/mol. The van der Waals surface area contributed by atoms with Crippen LogP contribution in [0.5, 0.6) is 5.75 Å². The minimum absolute atomic E-state index is 0.426. The Morgan fingerprint density at radius 3 is 2.44 bits per heavy atom. The molecule has 1 aromatic rings. The lowest BCUT2D eigenvalue weighted by molar-refractivity contribution is 0.0732. The van der Waals surface area contributed by atoms with Gasteiger partial charge in [-0.3, -0.25) is 0 Å². The monoisotopic (exact) mass is 238 g/mol. The van der Waals surface area contributed by atoms with E-state index in [1.54, 1.807) is 18.9 Å². The number of methoxy groups -OCH3 is 1. The van der Waals surface area contributed by atoms with Crippen LogP contribution in [0.25, 0.3) is 0 Å². The molecule has 3 heteroatoms. The van der Waals surface area contributed by atoms with Crippen molar-refractivity contribution in [1.82, 2.24) is 0 Å². The van der Waals surface area contributed by atoms with Crippen molar-refractivity contribution in [3.8, 4) is 5.75 Å². The molecule has 1 aliphatic carbocycles. The zero-order chi connectivity index (χ0) is 11.4. The van der Waals surface area contributed by atoms with Crippen molar-refractivity contribution in [3.05, 3.63) is 24.3 Å². The lowest BCUT2D eigenvalue weighted by Crippen LogP contribution is -2.26. The van der Waals surface area contributed by atoms with Crippen LogP contribution in [-0.4, -0.2) is 23.6 Å². The lowest BCUT2D eigenvalue weighted by Gasteiger charge is -2.21. The summed E-state index contributed by atoms with van der Waals surface area (Å²) in [6.07, 6.45) is 4.24. The second kappa shape index (κ2) is 5.11. The summed E-state index contributed by atoms with van der Waals surface area (Å²) in [6, 6.07) is 8.01. The fourth-order valence-electron chi connectivity index (χ4n) is 2.07. The van der Waals surface area contributed by atoms with E-state index in [2.05, 4.69) is 0 Å². The Hall–Kier alpha value is -0.670. The van der Waals surface area contributed by atoms with Gasteiger partial charge in [-0.15, -0.1) is 11.8 Å². The Kier molecular flexibility index (Phi) is 3.77. The summed E-state index contributed by atoms with van der Waals surface area (Å²) in [5, 5.41) is 10.2. The Labute approximate surface area is 101 Å². The average Bonchev–Trinajstić information content (AvgIpc) is 2.75. The summed E-state index contributed by atoms with van der Waals surface area (Å²) in [5.74, 6) is 1.68. The Morgan fingerprint density at radius 1 is 1.25 bits per heavy atom. The van der Waals surface area contributed by atoms with E-state index in [1.807, 2.05) is 24.3 Å². The standard InChI is InChI=1S/C13H18O2S/c1-15-11-4-6-12(7-5-11)16-10-13(14)8-2-3-9-13/h4-7,14H,2-3,8-10H2,1H3. The third-order valence-electron chi connectivity index (χ3n) is 3.10. The largest absolute Gasteiger partial charge is 0.497 e. The van der Waals surface area contributed by atoms with Gasteiger partial charge in [0, 0.05) is 10.6 Å². The molecule has 0 aromatic heterocycles. The van der Waals surface area contributed by atoms with Crippen LogP contribution in [0.2, 0.25) is 0 Å². The summed E-state index contributed by atoms with van der Waals surface area (Å²) < 4.78 is 5.11. The first-order chi connectivity index (χ1) is 7.72. The maximum absolute atomic E-state index is 10.2. The van der Waals surface area contributed by atoms with Gasteiger partial charge < -0.3 is 9.84 Å². The Morgan fingerprint density at radius 2 is 1.88 bits per heavy atom.